The Hall–Kier alpha value is -2.11. The number of rotatable bonds is 4. The molecular formula is C15H21N3O3. The molecule has 0 radical (unpaired) electrons. The summed E-state index contributed by atoms with van der Waals surface area (Å²) in [6.45, 7) is 6.15. The monoisotopic (exact) mass is 291 g/mol. The number of pyridine rings is 1. The molecule has 1 fully saturated rings. The molecule has 0 saturated carbocycles. The first kappa shape index (κ1) is 15.3. The maximum absolute atomic E-state index is 12.1. The van der Waals surface area contributed by atoms with E-state index in [0.29, 0.717) is 17.5 Å². The normalized spacial score (nSPS) is 18.0. The summed E-state index contributed by atoms with van der Waals surface area (Å²) < 4.78 is 0. The van der Waals surface area contributed by atoms with Gasteiger partial charge in [-0.1, -0.05) is 13.8 Å². The van der Waals surface area contributed by atoms with Crippen LogP contribution < -0.4 is 5.32 Å². The van der Waals surface area contributed by atoms with E-state index < -0.39 is 5.97 Å². The average molecular weight is 291 g/mol. The highest BCUT2D eigenvalue weighted by Gasteiger charge is 2.27. The Balaban J connectivity index is 1.87. The number of carbonyl (C=O) groups is 2. The third-order valence-corrected chi connectivity index (χ3v) is 3.94. The summed E-state index contributed by atoms with van der Waals surface area (Å²) in [5, 5.41) is 11.7. The molecule has 1 atom stereocenters. The fraction of sp³-hybridized carbons (Fsp3) is 0.533. The lowest BCUT2D eigenvalue weighted by Crippen LogP contribution is -2.38. The van der Waals surface area contributed by atoms with Crippen molar-refractivity contribution in [2.75, 3.05) is 13.1 Å². The lowest BCUT2D eigenvalue weighted by Gasteiger charge is -2.18. The van der Waals surface area contributed by atoms with Crippen molar-refractivity contribution >= 4 is 12.0 Å². The number of aromatic carboxylic acids is 1. The van der Waals surface area contributed by atoms with Gasteiger partial charge in [0.15, 0.2) is 0 Å². The van der Waals surface area contributed by atoms with Crippen LogP contribution in [0.5, 0.6) is 0 Å². The molecule has 1 aliphatic heterocycles. The molecule has 0 spiro atoms. The van der Waals surface area contributed by atoms with Gasteiger partial charge >= 0.3 is 12.0 Å². The van der Waals surface area contributed by atoms with Gasteiger partial charge in [0.1, 0.15) is 0 Å². The van der Waals surface area contributed by atoms with Crippen LogP contribution in [-0.2, 0) is 6.54 Å². The maximum atomic E-state index is 12.1. The molecule has 1 aliphatic rings. The number of carboxylic acid groups (broad SMARTS) is 1. The van der Waals surface area contributed by atoms with Crippen molar-refractivity contribution in [3.8, 4) is 0 Å². The number of urea groups is 1. The molecule has 114 valence electrons. The predicted molar refractivity (Wildman–Crippen MR) is 78.0 cm³/mol. The third kappa shape index (κ3) is 3.93. The van der Waals surface area contributed by atoms with Crippen molar-refractivity contribution in [3.05, 3.63) is 29.6 Å². The summed E-state index contributed by atoms with van der Waals surface area (Å²) in [5.41, 5.74) is 0.721. The minimum absolute atomic E-state index is 0.110. The molecule has 1 aromatic heterocycles. The van der Waals surface area contributed by atoms with Gasteiger partial charge in [-0.05, 0) is 30.4 Å². The van der Waals surface area contributed by atoms with E-state index in [1.54, 1.807) is 0 Å². The van der Waals surface area contributed by atoms with Gasteiger partial charge in [0, 0.05) is 19.3 Å². The Labute approximate surface area is 124 Å². The number of hydrogen-bond acceptors (Lipinski definition) is 3. The molecular weight excluding hydrogens is 270 g/mol. The van der Waals surface area contributed by atoms with Crippen LogP contribution in [0.15, 0.2) is 18.3 Å². The lowest BCUT2D eigenvalue weighted by molar-refractivity contribution is 0.0696. The van der Waals surface area contributed by atoms with Crippen LogP contribution in [0.1, 0.15) is 36.3 Å². The van der Waals surface area contributed by atoms with Crippen molar-refractivity contribution in [1.29, 1.82) is 0 Å². The Bertz CT molecular complexity index is 531. The summed E-state index contributed by atoms with van der Waals surface area (Å²) in [7, 11) is 0. The largest absolute Gasteiger partial charge is 0.478 e. The number of amides is 2. The summed E-state index contributed by atoms with van der Waals surface area (Å²) in [4.78, 5) is 28.8. The van der Waals surface area contributed by atoms with Crippen molar-refractivity contribution in [1.82, 2.24) is 15.2 Å². The second kappa shape index (κ2) is 6.56. The number of nitrogens with one attached hydrogen (secondary N) is 1. The Morgan fingerprint density at radius 2 is 2.29 bits per heavy atom. The van der Waals surface area contributed by atoms with Gasteiger partial charge in [-0.25, -0.2) is 9.59 Å². The van der Waals surface area contributed by atoms with Crippen LogP contribution in [0.3, 0.4) is 0 Å². The summed E-state index contributed by atoms with van der Waals surface area (Å²) >= 11 is 0. The number of carbonyl (C=O) groups excluding carboxylic acids is 1. The zero-order valence-corrected chi connectivity index (χ0v) is 12.4. The molecule has 2 N–H and O–H groups in total. The van der Waals surface area contributed by atoms with E-state index in [0.717, 1.165) is 19.5 Å². The number of nitrogens with zero attached hydrogens (tertiary/aromatic N) is 2. The maximum Gasteiger partial charge on any atom is 0.335 e. The zero-order chi connectivity index (χ0) is 15.4. The van der Waals surface area contributed by atoms with Gasteiger partial charge in [0.2, 0.25) is 0 Å². The molecule has 6 heteroatoms. The number of carboxylic acids is 1. The molecule has 2 rings (SSSR count). The van der Waals surface area contributed by atoms with Crippen molar-refractivity contribution in [2.45, 2.75) is 26.8 Å². The zero-order valence-electron chi connectivity index (χ0n) is 12.4. The van der Waals surface area contributed by atoms with Gasteiger partial charge in [-0.15, -0.1) is 0 Å². The molecule has 0 bridgehead atoms. The van der Waals surface area contributed by atoms with Gasteiger partial charge in [0.25, 0.3) is 0 Å². The summed E-state index contributed by atoms with van der Waals surface area (Å²) in [5.74, 6) is 0.144. The van der Waals surface area contributed by atoms with E-state index in [-0.39, 0.29) is 18.1 Å². The molecule has 6 nitrogen and oxygen atoms in total. The average Bonchev–Trinajstić information content (AvgIpc) is 2.95. The smallest absolute Gasteiger partial charge is 0.335 e. The van der Waals surface area contributed by atoms with Crippen LogP contribution in [0.4, 0.5) is 4.79 Å². The number of hydrogen-bond donors (Lipinski definition) is 2. The van der Waals surface area contributed by atoms with Crippen LogP contribution in [-0.4, -0.2) is 40.1 Å². The quantitative estimate of drug-likeness (QED) is 0.888. The highest BCUT2D eigenvalue weighted by Crippen LogP contribution is 2.23. The van der Waals surface area contributed by atoms with Gasteiger partial charge in [-0.3, -0.25) is 4.98 Å². The van der Waals surface area contributed by atoms with E-state index in [1.807, 2.05) is 4.90 Å². The number of aromatic nitrogens is 1. The van der Waals surface area contributed by atoms with Crippen LogP contribution in [0.2, 0.25) is 0 Å². The second-order valence-electron chi connectivity index (χ2n) is 5.74. The summed E-state index contributed by atoms with van der Waals surface area (Å²) in [6.07, 6.45) is 2.48. The van der Waals surface area contributed by atoms with E-state index in [4.69, 9.17) is 5.11 Å². The van der Waals surface area contributed by atoms with Gasteiger partial charge in [-0.2, -0.15) is 0 Å². The summed E-state index contributed by atoms with van der Waals surface area (Å²) in [6, 6.07) is 2.80. The van der Waals surface area contributed by atoms with E-state index in [1.165, 1.54) is 18.3 Å². The first-order valence-electron chi connectivity index (χ1n) is 7.18. The minimum Gasteiger partial charge on any atom is -0.478 e. The second-order valence-corrected chi connectivity index (χ2v) is 5.74. The lowest BCUT2D eigenvalue weighted by atomic mass is 9.95. The van der Waals surface area contributed by atoms with Crippen LogP contribution in [0.25, 0.3) is 0 Å². The Morgan fingerprint density at radius 1 is 1.52 bits per heavy atom. The van der Waals surface area contributed by atoms with Gasteiger partial charge < -0.3 is 15.3 Å². The van der Waals surface area contributed by atoms with Crippen molar-refractivity contribution < 1.29 is 14.7 Å². The molecule has 1 unspecified atom stereocenters. The van der Waals surface area contributed by atoms with E-state index >= 15 is 0 Å². The highest BCUT2D eigenvalue weighted by atomic mass is 16.4. The molecule has 1 aromatic rings. The molecule has 21 heavy (non-hydrogen) atoms. The predicted octanol–water partition coefficient (Wildman–Crippen LogP) is 1.97. The SMILES string of the molecule is CC(C)C1CCN(C(=O)NCc2cc(C(=O)O)ccn2)C1. The minimum atomic E-state index is -0.996. The fourth-order valence-electron chi connectivity index (χ4n) is 2.50. The Kier molecular flexibility index (Phi) is 4.77. The molecule has 2 amide bonds. The van der Waals surface area contributed by atoms with Crippen molar-refractivity contribution in [3.63, 3.8) is 0 Å². The number of likely N-dealkylation sites (tertiary alicyclic amines) is 1. The fourth-order valence-corrected chi connectivity index (χ4v) is 2.50. The van der Waals surface area contributed by atoms with Crippen LogP contribution in [0, 0.1) is 11.8 Å². The Morgan fingerprint density at radius 3 is 2.90 bits per heavy atom. The third-order valence-electron chi connectivity index (χ3n) is 3.94. The standard InChI is InChI=1S/C15H21N3O3/c1-10(2)12-4-6-18(9-12)15(21)17-8-13-7-11(14(19)20)3-5-16-13/h3,5,7,10,12H,4,6,8-9H2,1-2H3,(H,17,21)(H,19,20). The van der Waals surface area contributed by atoms with Crippen molar-refractivity contribution in [2.24, 2.45) is 11.8 Å². The van der Waals surface area contributed by atoms with E-state index in [2.05, 4.69) is 24.1 Å². The molecule has 2 heterocycles. The molecule has 0 aromatic carbocycles. The van der Waals surface area contributed by atoms with Crippen LogP contribution >= 0.6 is 0 Å². The topological polar surface area (TPSA) is 82.5 Å². The van der Waals surface area contributed by atoms with E-state index in [9.17, 15) is 9.59 Å². The first-order valence-corrected chi connectivity index (χ1v) is 7.18. The molecule has 1 saturated heterocycles. The van der Waals surface area contributed by atoms with Gasteiger partial charge in [0.05, 0.1) is 17.8 Å². The molecule has 0 aliphatic carbocycles. The first-order chi connectivity index (χ1) is 9.97. The highest BCUT2D eigenvalue weighted by molar-refractivity contribution is 5.87.